The van der Waals surface area contributed by atoms with E-state index in [1.165, 1.54) is 24.6 Å². The Balaban J connectivity index is 1.66. The van der Waals surface area contributed by atoms with Crippen molar-refractivity contribution in [2.45, 2.75) is 30.0 Å². The summed E-state index contributed by atoms with van der Waals surface area (Å²) in [4.78, 5) is 0. The molecule has 3 rings (SSSR count). The molecule has 0 bridgehead atoms. The van der Waals surface area contributed by atoms with Gasteiger partial charge in [0.2, 0.25) is 0 Å². The van der Waals surface area contributed by atoms with Crippen molar-refractivity contribution >= 4 is 23.4 Å². The molecule has 1 aliphatic rings. The second-order valence-electron chi connectivity index (χ2n) is 5.02. The Bertz CT molecular complexity index is 612. The van der Waals surface area contributed by atoms with Gasteiger partial charge in [-0.05, 0) is 24.5 Å². The predicted molar refractivity (Wildman–Crippen MR) is 80.1 cm³/mol. The Morgan fingerprint density at radius 3 is 2.85 bits per heavy atom. The summed E-state index contributed by atoms with van der Waals surface area (Å²) in [5, 5.41) is 20.1. The van der Waals surface area contributed by atoms with E-state index in [2.05, 4.69) is 10.2 Å². The van der Waals surface area contributed by atoms with Crippen molar-refractivity contribution in [3.63, 3.8) is 0 Å². The zero-order valence-corrected chi connectivity index (χ0v) is 12.7. The molecular weight excluding hydrogens is 294 g/mol. The van der Waals surface area contributed by atoms with Gasteiger partial charge in [-0.3, -0.25) is 0 Å². The lowest BCUT2D eigenvalue weighted by Crippen LogP contribution is -2.03. The average molecular weight is 310 g/mol. The van der Waals surface area contributed by atoms with Crippen LogP contribution in [0.1, 0.15) is 36.3 Å². The lowest BCUT2D eigenvalue weighted by atomic mass is 10.1. The van der Waals surface area contributed by atoms with Crippen LogP contribution < -0.4 is 0 Å². The minimum atomic E-state index is -0.602. The summed E-state index contributed by atoms with van der Waals surface area (Å²) in [7, 11) is 1.98. The highest BCUT2D eigenvalue weighted by atomic mass is 35.5. The highest BCUT2D eigenvalue weighted by Gasteiger charge is 2.29. The number of benzene rings is 1. The summed E-state index contributed by atoms with van der Waals surface area (Å²) in [5.41, 5.74) is 0.756. The summed E-state index contributed by atoms with van der Waals surface area (Å²) in [5.74, 6) is 2.15. The number of hydrogen-bond donors (Lipinski definition) is 1. The molecule has 0 spiro atoms. The maximum atomic E-state index is 10.2. The Kier molecular flexibility index (Phi) is 4.01. The molecule has 106 valence electrons. The van der Waals surface area contributed by atoms with Crippen LogP contribution in [0.5, 0.6) is 0 Å². The summed E-state index contributed by atoms with van der Waals surface area (Å²) in [6.07, 6.45) is 1.81. The van der Waals surface area contributed by atoms with Gasteiger partial charge >= 0.3 is 0 Å². The van der Waals surface area contributed by atoms with Crippen LogP contribution in [-0.2, 0) is 7.05 Å². The third-order valence-electron chi connectivity index (χ3n) is 3.45. The van der Waals surface area contributed by atoms with Gasteiger partial charge in [-0.25, -0.2) is 0 Å². The van der Waals surface area contributed by atoms with Gasteiger partial charge in [0.15, 0.2) is 5.16 Å². The first-order chi connectivity index (χ1) is 9.66. The lowest BCUT2D eigenvalue weighted by Gasteiger charge is -2.11. The largest absolute Gasteiger partial charge is 0.387 e. The Morgan fingerprint density at radius 2 is 2.15 bits per heavy atom. The second-order valence-corrected chi connectivity index (χ2v) is 6.42. The smallest absolute Gasteiger partial charge is 0.191 e. The Labute approximate surface area is 127 Å². The molecule has 0 radical (unpaired) electrons. The number of halogens is 1. The van der Waals surface area contributed by atoms with Gasteiger partial charge < -0.3 is 9.67 Å². The van der Waals surface area contributed by atoms with Crippen molar-refractivity contribution in [1.82, 2.24) is 14.8 Å². The van der Waals surface area contributed by atoms with Crippen molar-refractivity contribution in [3.05, 3.63) is 40.7 Å². The van der Waals surface area contributed by atoms with Gasteiger partial charge in [-0.1, -0.05) is 41.6 Å². The minimum absolute atomic E-state index is 0.514. The fourth-order valence-corrected chi connectivity index (χ4v) is 3.27. The molecule has 6 heteroatoms. The number of nitrogens with zero attached hydrogens (tertiary/aromatic N) is 3. The maximum Gasteiger partial charge on any atom is 0.191 e. The fraction of sp³-hybridized carbons (Fsp3) is 0.429. The molecule has 1 aromatic heterocycles. The van der Waals surface area contributed by atoms with Crippen LogP contribution in [-0.4, -0.2) is 25.6 Å². The highest BCUT2D eigenvalue weighted by Crippen LogP contribution is 2.39. The van der Waals surface area contributed by atoms with Crippen molar-refractivity contribution in [2.75, 3.05) is 5.75 Å². The molecular formula is C14H16ClN3OS. The Hall–Kier alpha value is -1.04. The normalized spacial score (nSPS) is 16.4. The van der Waals surface area contributed by atoms with Gasteiger partial charge in [0.05, 0.1) is 6.10 Å². The van der Waals surface area contributed by atoms with Crippen LogP contribution in [0.3, 0.4) is 0 Å². The number of aliphatic hydroxyl groups excluding tert-OH is 1. The topological polar surface area (TPSA) is 50.9 Å². The molecule has 20 heavy (non-hydrogen) atoms. The molecule has 1 fully saturated rings. The van der Waals surface area contributed by atoms with Crippen LogP contribution in [0, 0.1) is 0 Å². The summed E-state index contributed by atoms with van der Waals surface area (Å²) in [6.45, 7) is 0. The van der Waals surface area contributed by atoms with E-state index >= 15 is 0 Å². The standard InChI is InChI=1S/C14H16ClN3OS/c1-18-13(9-6-7-9)16-17-14(18)20-8-12(19)10-4-2-3-5-11(10)15/h2-5,9,12,19H,6-8H2,1H3. The second kappa shape index (κ2) is 5.76. The van der Waals surface area contributed by atoms with Crippen molar-refractivity contribution in [2.24, 2.45) is 7.05 Å². The lowest BCUT2D eigenvalue weighted by molar-refractivity contribution is 0.204. The third-order valence-corrected chi connectivity index (χ3v) is 4.89. The number of hydrogen-bond acceptors (Lipinski definition) is 4. The quantitative estimate of drug-likeness (QED) is 0.862. The molecule has 1 N–H and O–H groups in total. The van der Waals surface area contributed by atoms with E-state index in [-0.39, 0.29) is 0 Å². The van der Waals surface area contributed by atoms with E-state index in [0.717, 1.165) is 16.5 Å². The fourth-order valence-electron chi connectivity index (χ4n) is 2.14. The van der Waals surface area contributed by atoms with E-state index in [4.69, 9.17) is 11.6 Å². The van der Waals surface area contributed by atoms with Crippen molar-refractivity contribution in [1.29, 1.82) is 0 Å². The van der Waals surface area contributed by atoms with Gasteiger partial charge in [0.25, 0.3) is 0 Å². The molecule has 1 heterocycles. The summed E-state index contributed by atoms with van der Waals surface area (Å²) >= 11 is 7.59. The number of rotatable bonds is 5. The third kappa shape index (κ3) is 2.85. The molecule has 1 unspecified atom stereocenters. The zero-order chi connectivity index (χ0) is 14.1. The van der Waals surface area contributed by atoms with Gasteiger partial charge in [-0.15, -0.1) is 10.2 Å². The SMILES string of the molecule is Cn1c(SCC(O)c2ccccc2Cl)nnc1C1CC1. The molecule has 4 nitrogen and oxygen atoms in total. The Morgan fingerprint density at radius 1 is 1.40 bits per heavy atom. The van der Waals surface area contributed by atoms with Gasteiger partial charge in [0, 0.05) is 23.7 Å². The van der Waals surface area contributed by atoms with Gasteiger partial charge in [-0.2, -0.15) is 0 Å². The molecule has 1 aromatic carbocycles. The molecule has 0 saturated heterocycles. The van der Waals surface area contributed by atoms with E-state index in [1.54, 1.807) is 6.07 Å². The van der Waals surface area contributed by atoms with E-state index in [9.17, 15) is 5.11 Å². The van der Waals surface area contributed by atoms with E-state index in [1.807, 2.05) is 29.8 Å². The first-order valence-electron chi connectivity index (χ1n) is 6.61. The van der Waals surface area contributed by atoms with Crippen LogP contribution in [0.15, 0.2) is 29.4 Å². The summed E-state index contributed by atoms with van der Waals surface area (Å²) in [6, 6.07) is 7.37. The van der Waals surface area contributed by atoms with Crippen LogP contribution in [0.4, 0.5) is 0 Å². The molecule has 1 saturated carbocycles. The zero-order valence-electron chi connectivity index (χ0n) is 11.2. The number of thioether (sulfide) groups is 1. The molecule has 2 aromatic rings. The number of aliphatic hydroxyl groups is 1. The first-order valence-corrected chi connectivity index (χ1v) is 7.97. The van der Waals surface area contributed by atoms with Crippen molar-refractivity contribution in [3.8, 4) is 0 Å². The van der Waals surface area contributed by atoms with Gasteiger partial charge in [0.1, 0.15) is 5.82 Å². The van der Waals surface area contributed by atoms with E-state index < -0.39 is 6.10 Å². The minimum Gasteiger partial charge on any atom is -0.387 e. The first kappa shape index (κ1) is 13.9. The average Bonchev–Trinajstić information content (AvgIpc) is 3.21. The predicted octanol–water partition coefficient (Wildman–Crippen LogP) is 3.17. The number of aromatic nitrogens is 3. The monoisotopic (exact) mass is 309 g/mol. The molecule has 0 aliphatic heterocycles. The molecule has 1 atom stereocenters. The maximum absolute atomic E-state index is 10.2. The van der Waals surface area contributed by atoms with Crippen LogP contribution in [0.25, 0.3) is 0 Å². The summed E-state index contributed by atoms with van der Waals surface area (Å²) < 4.78 is 2.03. The van der Waals surface area contributed by atoms with Crippen molar-refractivity contribution < 1.29 is 5.11 Å². The molecule has 1 aliphatic carbocycles. The highest BCUT2D eigenvalue weighted by molar-refractivity contribution is 7.99. The molecule has 0 amide bonds. The van der Waals surface area contributed by atoms with Crippen LogP contribution in [0.2, 0.25) is 5.02 Å². The van der Waals surface area contributed by atoms with E-state index in [0.29, 0.717) is 16.7 Å². The van der Waals surface area contributed by atoms with Crippen LogP contribution >= 0.6 is 23.4 Å².